The summed E-state index contributed by atoms with van der Waals surface area (Å²) in [5, 5.41) is 0.706. The van der Waals surface area contributed by atoms with E-state index in [0.29, 0.717) is 5.02 Å². The number of carbonyl (C=O) groups excluding carboxylic acids is 1. The fourth-order valence-corrected chi connectivity index (χ4v) is 2.68. The van der Waals surface area contributed by atoms with Gasteiger partial charge in [0, 0.05) is 5.02 Å². The van der Waals surface area contributed by atoms with Crippen LogP contribution in [0.1, 0.15) is 18.4 Å². The molecule has 0 aromatic heterocycles. The Morgan fingerprint density at radius 1 is 1.05 bits per heavy atom. The first-order chi connectivity index (χ1) is 9.13. The van der Waals surface area contributed by atoms with E-state index in [4.69, 9.17) is 17.3 Å². The van der Waals surface area contributed by atoms with Crippen LogP contribution >= 0.6 is 11.6 Å². The maximum absolute atomic E-state index is 11.7. The zero-order valence-electron chi connectivity index (χ0n) is 10.4. The van der Waals surface area contributed by atoms with Crippen molar-refractivity contribution in [2.45, 2.75) is 18.3 Å². The molecule has 1 fully saturated rings. The van der Waals surface area contributed by atoms with Crippen molar-refractivity contribution in [2.75, 3.05) is 0 Å². The summed E-state index contributed by atoms with van der Waals surface area (Å²) in [4.78, 5) is 11.7. The molecule has 0 heterocycles. The average molecular weight is 272 g/mol. The lowest BCUT2D eigenvalue weighted by atomic mass is 9.88. The van der Waals surface area contributed by atoms with Gasteiger partial charge in [-0.1, -0.05) is 48.0 Å². The number of nitrogens with two attached hydrogens (primary N) is 1. The molecule has 1 aliphatic rings. The predicted octanol–water partition coefficient (Wildman–Crippen LogP) is 3.52. The van der Waals surface area contributed by atoms with E-state index in [-0.39, 0.29) is 5.91 Å². The van der Waals surface area contributed by atoms with Gasteiger partial charge >= 0.3 is 0 Å². The topological polar surface area (TPSA) is 43.1 Å². The van der Waals surface area contributed by atoms with Crippen LogP contribution in [0.2, 0.25) is 5.02 Å². The SMILES string of the molecule is NC(=O)C1(c2ccccc2-c2ccc(Cl)cc2)CC1. The first-order valence-electron chi connectivity index (χ1n) is 6.29. The number of primary amides is 1. The zero-order chi connectivity index (χ0) is 13.5. The van der Waals surface area contributed by atoms with Crippen LogP contribution in [-0.4, -0.2) is 5.91 Å². The van der Waals surface area contributed by atoms with Crippen molar-refractivity contribution in [1.82, 2.24) is 0 Å². The van der Waals surface area contributed by atoms with Gasteiger partial charge in [0.15, 0.2) is 0 Å². The molecule has 2 nitrogen and oxygen atoms in total. The molecular weight excluding hydrogens is 258 g/mol. The van der Waals surface area contributed by atoms with Crippen LogP contribution in [0.5, 0.6) is 0 Å². The number of halogens is 1. The van der Waals surface area contributed by atoms with Crippen molar-refractivity contribution in [3.05, 3.63) is 59.1 Å². The van der Waals surface area contributed by atoms with E-state index in [9.17, 15) is 4.79 Å². The Balaban J connectivity index is 2.13. The molecule has 1 saturated carbocycles. The summed E-state index contributed by atoms with van der Waals surface area (Å²) >= 11 is 5.92. The second-order valence-electron chi connectivity index (χ2n) is 5.00. The third-order valence-electron chi connectivity index (χ3n) is 3.82. The van der Waals surface area contributed by atoms with Crippen molar-refractivity contribution >= 4 is 17.5 Å². The summed E-state index contributed by atoms with van der Waals surface area (Å²) in [5.74, 6) is -0.228. The standard InChI is InChI=1S/C16H14ClNO/c17-12-7-5-11(6-8-12)13-3-1-2-4-14(13)16(9-10-16)15(18)19/h1-8H,9-10H2,(H2,18,19). The molecule has 0 atom stereocenters. The minimum atomic E-state index is -0.462. The molecule has 0 bridgehead atoms. The number of rotatable bonds is 3. The molecular formula is C16H14ClNO. The van der Waals surface area contributed by atoms with Gasteiger partial charge in [-0.05, 0) is 41.7 Å². The minimum absolute atomic E-state index is 0.228. The Kier molecular flexibility index (Phi) is 2.83. The van der Waals surface area contributed by atoms with Gasteiger partial charge < -0.3 is 5.73 Å². The summed E-state index contributed by atoms with van der Waals surface area (Å²) in [6.07, 6.45) is 1.68. The molecule has 0 unspecified atom stereocenters. The van der Waals surface area contributed by atoms with Crippen molar-refractivity contribution in [1.29, 1.82) is 0 Å². The number of amides is 1. The maximum Gasteiger partial charge on any atom is 0.228 e. The fraction of sp³-hybridized carbons (Fsp3) is 0.188. The van der Waals surface area contributed by atoms with E-state index in [1.54, 1.807) is 0 Å². The van der Waals surface area contributed by atoms with E-state index < -0.39 is 5.41 Å². The molecule has 3 rings (SSSR count). The molecule has 0 saturated heterocycles. The maximum atomic E-state index is 11.7. The third kappa shape index (κ3) is 2.02. The highest BCUT2D eigenvalue weighted by Crippen LogP contribution is 2.50. The molecule has 0 radical (unpaired) electrons. The fourth-order valence-electron chi connectivity index (χ4n) is 2.56. The summed E-state index contributed by atoms with van der Waals surface area (Å²) in [6.45, 7) is 0. The first kappa shape index (κ1) is 12.2. The Morgan fingerprint density at radius 3 is 2.26 bits per heavy atom. The average Bonchev–Trinajstić information content (AvgIpc) is 3.21. The molecule has 3 heteroatoms. The predicted molar refractivity (Wildman–Crippen MR) is 77.0 cm³/mol. The Hall–Kier alpha value is -1.80. The quantitative estimate of drug-likeness (QED) is 0.912. The van der Waals surface area contributed by atoms with Gasteiger partial charge in [-0.3, -0.25) is 4.79 Å². The second-order valence-corrected chi connectivity index (χ2v) is 5.44. The number of carbonyl (C=O) groups is 1. The van der Waals surface area contributed by atoms with Crippen molar-refractivity contribution in [3.63, 3.8) is 0 Å². The first-order valence-corrected chi connectivity index (χ1v) is 6.67. The zero-order valence-corrected chi connectivity index (χ0v) is 11.2. The van der Waals surface area contributed by atoms with Gasteiger partial charge in [0.25, 0.3) is 0 Å². The van der Waals surface area contributed by atoms with Gasteiger partial charge in [-0.25, -0.2) is 0 Å². The molecule has 0 spiro atoms. The van der Waals surface area contributed by atoms with Crippen LogP contribution in [0, 0.1) is 0 Å². The largest absolute Gasteiger partial charge is 0.369 e. The second kappa shape index (κ2) is 4.39. The number of hydrogen-bond donors (Lipinski definition) is 1. The smallest absolute Gasteiger partial charge is 0.228 e. The van der Waals surface area contributed by atoms with Crippen molar-refractivity contribution in [3.8, 4) is 11.1 Å². The summed E-state index contributed by atoms with van der Waals surface area (Å²) in [5.41, 5.74) is 8.27. The highest BCUT2D eigenvalue weighted by atomic mass is 35.5. The van der Waals surface area contributed by atoms with E-state index in [1.807, 2.05) is 48.5 Å². The van der Waals surface area contributed by atoms with E-state index in [1.165, 1.54) is 0 Å². The lowest BCUT2D eigenvalue weighted by Crippen LogP contribution is -2.28. The van der Waals surface area contributed by atoms with Crippen LogP contribution in [0.4, 0.5) is 0 Å². The van der Waals surface area contributed by atoms with Gasteiger partial charge in [0.2, 0.25) is 5.91 Å². The Labute approximate surface area is 117 Å². The summed E-state index contributed by atoms with van der Waals surface area (Å²) in [7, 11) is 0. The number of benzene rings is 2. The highest BCUT2D eigenvalue weighted by Gasteiger charge is 2.51. The van der Waals surface area contributed by atoms with Crippen molar-refractivity contribution in [2.24, 2.45) is 5.73 Å². The Morgan fingerprint density at radius 2 is 1.68 bits per heavy atom. The van der Waals surface area contributed by atoms with Crippen LogP contribution in [0.3, 0.4) is 0 Å². The molecule has 2 aromatic carbocycles. The van der Waals surface area contributed by atoms with E-state index in [2.05, 4.69) is 0 Å². The third-order valence-corrected chi connectivity index (χ3v) is 4.07. The molecule has 19 heavy (non-hydrogen) atoms. The van der Waals surface area contributed by atoms with Crippen LogP contribution in [-0.2, 0) is 10.2 Å². The lowest BCUT2D eigenvalue weighted by molar-refractivity contribution is -0.120. The van der Waals surface area contributed by atoms with Gasteiger partial charge in [0.05, 0.1) is 5.41 Å². The monoisotopic (exact) mass is 271 g/mol. The van der Waals surface area contributed by atoms with Crippen LogP contribution in [0.15, 0.2) is 48.5 Å². The lowest BCUT2D eigenvalue weighted by Gasteiger charge is -2.16. The van der Waals surface area contributed by atoms with E-state index in [0.717, 1.165) is 29.5 Å². The number of hydrogen-bond acceptors (Lipinski definition) is 1. The molecule has 2 aromatic rings. The van der Waals surface area contributed by atoms with E-state index >= 15 is 0 Å². The molecule has 2 N–H and O–H groups in total. The van der Waals surface area contributed by atoms with Gasteiger partial charge in [0.1, 0.15) is 0 Å². The van der Waals surface area contributed by atoms with Gasteiger partial charge in [-0.15, -0.1) is 0 Å². The molecule has 1 aliphatic carbocycles. The van der Waals surface area contributed by atoms with Crippen LogP contribution in [0.25, 0.3) is 11.1 Å². The highest BCUT2D eigenvalue weighted by molar-refractivity contribution is 6.30. The summed E-state index contributed by atoms with van der Waals surface area (Å²) in [6, 6.07) is 15.6. The molecule has 0 aliphatic heterocycles. The van der Waals surface area contributed by atoms with Gasteiger partial charge in [-0.2, -0.15) is 0 Å². The molecule has 1 amide bonds. The summed E-state index contributed by atoms with van der Waals surface area (Å²) < 4.78 is 0. The molecule has 96 valence electrons. The van der Waals surface area contributed by atoms with Crippen LogP contribution < -0.4 is 5.73 Å². The Bertz CT molecular complexity index is 629. The van der Waals surface area contributed by atoms with Crippen molar-refractivity contribution < 1.29 is 4.79 Å². The normalized spacial score (nSPS) is 16.1. The minimum Gasteiger partial charge on any atom is -0.369 e.